The molecule has 0 aliphatic carbocycles. The molecular formula is C17H13N2O4P. The van der Waals surface area contributed by atoms with Gasteiger partial charge in [0.1, 0.15) is 6.20 Å². The fourth-order valence-corrected chi connectivity index (χ4v) is 4.18. The van der Waals surface area contributed by atoms with Gasteiger partial charge in [-0.05, 0) is 24.3 Å². The summed E-state index contributed by atoms with van der Waals surface area (Å²) in [6.07, 6.45) is 1.08. The van der Waals surface area contributed by atoms with E-state index in [0.29, 0.717) is 10.6 Å². The zero-order valence-corrected chi connectivity index (χ0v) is 13.4. The summed E-state index contributed by atoms with van der Waals surface area (Å²) in [7, 11) is -3.42. The van der Waals surface area contributed by atoms with E-state index >= 15 is 0 Å². The average molecular weight is 340 g/mol. The van der Waals surface area contributed by atoms with Crippen LogP contribution < -0.4 is 15.1 Å². The van der Waals surface area contributed by atoms with Gasteiger partial charge in [0.2, 0.25) is 5.88 Å². The molecule has 0 spiro atoms. The van der Waals surface area contributed by atoms with Crippen LogP contribution in [0.2, 0.25) is 0 Å². The van der Waals surface area contributed by atoms with Gasteiger partial charge in [-0.2, -0.15) is 0 Å². The second-order valence-corrected chi connectivity index (χ2v) is 7.24. The minimum Gasteiger partial charge on any atom is -0.418 e. The molecule has 0 fully saturated rings. The minimum absolute atomic E-state index is 0.0663. The van der Waals surface area contributed by atoms with Crippen molar-refractivity contribution in [2.24, 2.45) is 0 Å². The molecule has 0 aliphatic heterocycles. The third kappa shape index (κ3) is 3.19. The lowest BCUT2D eigenvalue weighted by Crippen LogP contribution is -2.20. The van der Waals surface area contributed by atoms with E-state index in [1.54, 1.807) is 48.5 Å². The Morgan fingerprint density at radius 2 is 1.42 bits per heavy atom. The molecule has 0 atom stereocenters. The van der Waals surface area contributed by atoms with Crippen molar-refractivity contribution >= 4 is 23.7 Å². The average Bonchev–Trinajstić information content (AvgIpc) is 2.63. The Labute approximate surface area is 138 Å². The maximum atomic E-state index is 13.6. The lowest BCUT2D eigenvalue weighted by Gasteiger charge is -2.19. The molecular weight excluding hydrogens is 327 g/mol. The van der Waals surface area contributed by atoms with Crippen LogP contribution in [0.3, 0.4) is 0 Å². The molecule has 0 radical (unpaired) electrons. The molecule has 0 saturated carbocycles. The Balaban J connectivity index is 2.03. The maximum absolute atomic E-state index is 13.6. The largest absolute Gasteiger partial charge is 0.418 e. The number of hydrogen-bond donors (Lipinski definition) is 0. The van der Waals surface area contributed by atoms with Gasteiger partial charge in [-0.15, -0.1) is 0 Å². The molecule has 0 bridgehead atoms. The predicted octanol–water partition coefficient (Wildman–Crippen LogP) is 3.30. The van der Waals surface area contributed by atoms with Crippen LogP contribution in [0, 0.1) is 10.1 Å². The number of pyridine rings is 1. The van der Waals surface area contributed by atoms with Gasteiger partial charge in [-0.3, -0.25) is 14.7 Å². The van der Waals surface area contributed by atoms with Crippen LogP contribution in [-0.4, -0.2) is 9.91 Å². The first-order chi connectivity index (χ1) is 11.6. The Bertz CT molecular complexity index is 840. The summed E-state index contributed by atoms with van der Waals surface area (Å²) in [5.41, 5.74) is -0.156. The highest BCUT2D eigenvalue weighted by Crippen LogP contribution is 2.44. The van der Waals surface area contributed by atoms with E-state index in [9.17, 15) is 14.7 Å². The molecule has 2 aromatic carbocycles. The van der Waals surface area contributed by atoms with E-state index in [1.807, 2.05) is 12.1 Å². The fourth-order valence-electron chi connectivity index (χ4n) is 2.17. The molecule has 0 aliphatic rings. The molecule has 3 rings (SSSR count). The van der Waals surface area contributed by atoms with Gasteiger partial charge in [0.15, 0.2) is 0 Å². The molecule has 0 amide bonds. The van der Waals surface area contributed by atoms with Crippen molar-refractivity contribution in [2.45, 2.75) is 0 Å². The molecule has 6 nitrogen and oxygen atoms in total. The summed E-state index contributed by atoms with van der Waals surface area (Å²) in [4.78, 5) is 14.1. The molecule has 24 heavy (non-hydrogen) atoms. The maximum Gasteiger partial charge on any atom is 0.308 e. The highest BCUT2D eigenvalue weighted by Gasteiger charge is 2.30. The van der Waals surface area contributed by atoms with Crippen molar-refractivity contribution in [2.75, 3.05) is 0 Å². The van der Waals surface area contributed by atoms with Gasteiger partial charge in [0.25, 0.3) is 5.69 Å². The minimum atomic E-state index is -3.42. The first-order valence-corrected chi connectivity index (χ1v) is 8.73. The van der Waals surface area contributed by atoms with Crippen molar-refractivity contribution in [1.82, 2.24) is 4.98 Å². The van der Waals surface area contributed by atoms with Gasteiger partial charge in [-0.1, -0.05) is 36.4 Å². The molecule has 1 heterocycles. The monoisotopic (exact) mass is 340 g/mol. The SMILES string of the molecule is O=[N+]([O-])c1ccc(OP(=O)(c2ccccc2)c2ccccc2)nc1. The highest BCUT2D eigenvalue weighted by molar-refractivity contribution is 7.74. The van der Waals surface area contributed by atoms with Crippen LogP contribution >= 0.6 is 7.37 Å². The van der Waals surface area contributed by atoms with Gasteiger partial charge < -0.3 is 4.52 Å². The van der Waals surface area contributed by atoms with Crippen molar-refractivity contribution in [3.05, 3.63) is 89.1 Å². The second kappa shape index (κ2) is 6.64. The summed E-state index contributed by atoms with van der Waals surface area (Å²) in [5, 5.41) is 11.8. The second-order valence-electron chi connectivity index (χ2n) is 4.93. The number of rotatable bonds is 5. The van der Waals surface area contributed by atoms with E-state index in [4.69, 9.17) is 4.52 Å². The molecule has 3 aromatic rings. The lowest BCUT2D eigenvalue weighted by atomic mass is 10.4. The van der Waals surface area contributed by atoms with Gasteiger partial charge in [-0.25, -0.2) is 4.98 Å². The number of nitrogens with zero attached hydrogens (tertiary/aromatic N) is 2. The van der Waals surface area contributed by atoms with Gasteiger partial charge in [0.05, 0.1) is 15.5 Å². The Morgan fingerprint density at radius 1 is 0.875 bits per heavy atom. The standard InChI is InChI=1S/C17H13N2O4P/c20-19(21)14-11-12-17(18-13-14)23-24(22,15-7-3-1-4-8-15)16-9-5-2-6-10-16/h1-13H. The number of hydrogen-bond acceptors (Lipinski definition) is 5. The van der Waals surface area contributed by atoms with Crippen molar-refractivity contribution in [1.29, 1.82) is 0 Å². The van der Waals surface area contributed by atoms with Crippen LogP contribution in [0.1, 0.15) is 0 Å². The van der Waals surface area contributed by atoms with Crippen LogP contribution in [-0.2, 0) is 4.57 Å². The molecule has 120 valence electrons. The number of aromatic nitrogens is 1. The molecule has 7 heteroatoms. The third-order valence-electron chi connectivity index (χ3n) is 3.35. The van der Waals surface area contributed by atoms with Gasteiger partial charge in [0, 0.05) is 12.1 Å². The van der Waals surface area contributed by atoms with E-state index in [0.717, 1.165) is 6.20 Å². The molecule has 0 saturated heterocycles. The molecule has 0 unspecified atom stereocenters. The highest BCUT2D eigenvalue weighted by atomic mass is 31.2. The fraction of sp³-hybridized carbons (Fsp3) is 0. The van der Waals surface area contributed by atoms with Gasteiger partial charge >= 0.3 is 7.37 Å². The lowest BCUT2D eigenvalue weighted by molar-refractivity contribution is -0.385. The Hall–Kier alpha value is -2.98. The van der Waals surface area contributed by atoms with Crippen LogP contribution in [0.25, 0.3) is 0 Å². The summed E-state index contributed by atoms with van der Waals surface area (Å²) >= 11 is 0. The summed E-state index contributed by atoms with van der Waals surface area (Å²) in [6, 6.07) is 20.2. The zero-order valence-electron chi connectivity index (χ0n) is 12.5. The quantitative estimate of drug-likeness (QED) is 0.404. The summed E-state index contributed by atoms with van der Waals surface area (Å²) < 4.78 is 19.3. The Kier molecular flexibility index (Phi) is 4.40. The normalized spacial score (nSPS) is 11.0. The van der Waals surface area contributed by atoms with Crippen molar-refractivity contribution < 1.29 is 14.0 Å². The van der Waals surface area contributed by atoms with E-state index < -0.39 is 12.3 Å². The zero-order chi connectivity index (χ0) is 17.0. The first-order valence-electron chi connectivity index (χ1n) is 7.11. The van der Waals surface area contributed by atoms with E-state index in [-0.39, 0.29) is 11.6 Å². The van der Waals surface area contributed by atoms with Crippen LogP contribution in [0.5, 0.6) is 5.88 Å². The summed E-state index contributed by atoms with van der Waals surface area (Å²) in [5.74, 6) is 0.0663. The smallest absolute Gasteiger partial charge is 0.308 e. The van der Waals surface area contributed by atoms with E-state index in [2.05, 4.69) is 4.98 Å². The predicted molar refractivity (Wildman–Crippen MR) is 91.3 cm³/mol. The molecule has 0 N–H and O–H groups in total. The number of benzene rings is 2. The topological polar surface area (TPSA) is 82.3 Å². The van der Waals surface area contributed by atoms with Crippen molar-refractivity contribution in [3.8, 4) is 5.88 Å². The number of nitro groups is 1. The summed E-state index contributed by atoms with van der Waals surface area (Å²) in [6.45, 7) is 0. The third-order valence-corrected chi connectivity index (χ3v) is 5.75. The molecule has 1 aromatic heterocycles. The van der Waals surface area contributed by atoms with E-state index in [1.165, 1.54) is 12.1 Å². The first kappa shape index (κ1) is 15.9. The Morgan fingerprint density at radius 3 is 1.83 bits per heavy atom. The van der Waals surface area contributed by atoms with Crippen molar-refractivity contribution in [3.63, 3.8) is 0 Å². The van der Waals surface area contributed by atoms with Crippen LogP contribution in [0.4, 0.5) is 5.69 Å². The van der Waals surface area contributed by atoms with Crippen LogP contribution in [0.15, 0.2) is 79.0 Å².